The number of nitrogens with zero attached hydrogens (tertiary/aromatic N) is 2. The summed E-state index contributed by atoms with van der Waals surface area (Å²) >= 11 is 5.92. The van der Waals surface area contributed by atoms with E-state index in [1.807, 2.05) is 0 Å². The van der Waals surface area contributed by atoms with Crippen LogP contribution in [-0.2, 0) is 4.79 Å². The highest BCUT2D eigenvalue weighted by Crippen LogP contribution is 2.21. The molecule has 2 amide bonds. The van der Waals surface area contributed by atoms with Crippen LogP contribution in [0, 0.1) is 5.82 Å². The number of piperazine rings is 1. The molecule has 5 nitrogen and oxygen atoms in total. The van der Waals surface area contributed by atoms with Crippen molar-refractivity contribution < 1.29 is 14.0 Å². The van der Waals surface area contributed by atoms with E-state index in [9.17, 15) is 14.0 Å². The molecule has 120 valence electrons. The Kier molecular flexibility index (Phi) is 5.74. The summed E-state index contributed by atoms with van der Waals surface area (Å²) in [6.07, 6.45) is 1.08. The molecule has 0 atom stereocenters. The Hall–Kier alpha value is -1.66. The van der Waals surface area contributed by atoms with E-state index < -0.39 is 11.7 Å². The van der Waals surface area contributed by atoms with Gasteiger partial charge in [-0.15, -0.1) is 0 Å². The standard InChI is InChI=1S/C15H19ClFN3O2/c16-11-3-1-4-12(17)14(11)15(22)20-9-7-19(8-10-20)13(21)5-2-6-18/h1,3-4H,2,5-10,18H2. The number of halogens is 2. The van der Waals surface area contributed by atoms with Gasteiger partial charge in [-0.05, 0) is 25.1 Å². The number of hydrogen-bond donors (Lipinski definition) is 1. The van der Waals surface area contributed by atoms with Crippen molar-refractivity contribution in [1.82, 2.24) is 9.80 Å². The monoisotopic (exact) mass is 327 g/mol. The van der Waals surface area contributed by atoms with Crippen molar-refractivity contribution >= 4 is 23.4 Å². The van der Waals surface area contributed by atoms with Crippen LogP contribution in [0.1, 0.15) is 23.2 Å². The Labute approximate surface area is 133 Å². The molecule has 2 rings (SSSR count). The van der Waals surface area contributed by atoms with Gasteiger partial charge in [0, 0.05) is 32.6 Å². The van der Waals surface area contributed by atoms with Crippen LogP contribution in [0.3, 0.4) is 0 Å². The first-order valence-electron chi connectivity index (χ1n) is 7.25. The van der Waals surface area contributed by atoms with Crippen LogP contribution in [0.25, 0.3) is 0 Å². The normalized spacial score (nSPS) is 15.0. The molecule has 0 bridgehead atoms. The average Bonchev–Trinajstić information content (AvgIpc) is 2.52. The lowest BCUT2D eigenvalue weighted by Crippen LogP contribution is -2.50. The molecule has 0 unspecified atom stereocenters. The quantitative estimate of drug-likeness (QED) is 0.911. The van der Waals surface area contributed by atoms with Gasteiger partial charge in [-0.25, -0.2) is 4.39 Å². The van der Waals surface area contributed by atoms with Gasteiger partial charge in [0.1, 0.15) is 5.82 Å². The fourth-order valence-corrected chi connectivity index (χ4v) is 2.67. The maximum absolute atomic E-state index is 13.8. The van der Waals surface area contributed by atoms with Crippen molar-refractivity contribution in [3.8, 4) is 0 Å². The smallest absolute Gasteiger partial charge is 0.258 e. The zero-order valence-electron chi connectivity index (χ0n) is 12.2. The highest BCUT2D eigenvalue weighted by Gasteiger charge is 2.27. The second-order valence-electron chi connectivity index (χ2n) is 5.16. The molecule has 1 aromatic rings. The van der Waals surface area contributed by atoms with Gasteiger partial charge in [0.25, 0.3) is 5.91 Å². The SMILES string of the molecule is NCCCC(=O)N1CCN(C(=O)c2c(F)cccc2Cl)CC1. The molecule has 1 heterocycles. The Balaban J connectivity index is 1.97. The van der Waals surface area contributed by atoms with Crippen molar-refractivity contribution in [1.29, 1.82) is 0 Å². The second-order valence-corrected chi connectivity index (χ2v) is 5.57. The predicted octanol–water partition coefficient (Wildman–Crippen LogP) is 1.50. The highest BCUT2D eigenvalue weighted by atomic mass is 35.5. The number of rotatable bonds is 4. The van der Waals surface area contributed by atoms with Crippen LogP contribution in [0.4, 0.5) is 4.39 Å². The van der Waals surface area contributed by atoms with Crippen molar-refractivity contribution in [2.75, 3.05) is 32.7 Å². The maximum Gasteiger partial charge on any atom is 0.258 e. The van der Waals surface area contributed by atoms with Gasteiger partial charge in [0.2, 0.25) is 5.91 Å². The van der Waals surface area contributed by atoms with Crippen LogP contribution in [0.2, 0.25) is 5.02 Å². The van der Waals surface area contributed by atoms with Gasteiger partial charge >= 0.3 is 0 Å². The highest BCUT2D eigenvalue weighted by molar-refractivity contribution is 6.33. The molecule has 0 aromatic heterocycles. The lowest BCUT2D eigenvalue weighted by molar-refractivity contribution is -0.132. The summed E-state index contributed by atoms with van der Waals surface area (Å²) in [7, 11) is 0. The lowest BCUT2D eigenvalue weighted by atomic mass is 10.1. The molecule has 0 spiro atoms. The van der Waals surface area contributed by atoms with Crippen molar-refractivity contribution in [2.45, 2.75) is 12.8 Å². The van der Waals surface area contributed by atoms with E-state index in [4.69, 9.17) is 17.3 Å². The Morgan fingerprint density at radius 1 is 1.18 bits per heavy atom. The predicted molar refractivity (Wildman–Crippen MR) is 82.2 cm³/mol. The summed E-state index contributed by atoms with van der Waals surface area (Å²) in [6.45, 7) is 2.12. The topological polar surface area (TPSA) is 66.6 Å². The Morgan fingerprint density at radius 3 is 2.41 bits per heavy atom. The van der Waals surface area contributed by atoms with Crippen molar-refractivity contribution in [3.63, 3.8) is 0 Å². The first kappa shape index (κ1) is 16.7. The number of benzene rings is 1. The first-order chi connectivity index (χ1) is 10.5. The maximum atomic E-state index is 13.8. The molecular weight excluding hydrogens is 309 g/mol. The summed E-state index contributed by atoms with van der Waals surface area (Å²) in [6, 6.07) is 4.17. The minimum Gasteiger partial charge on any atom is -0.339 e. The summed E-state index contributed by atoms with van der Waals surface area (Å²) in [5.41, 5.74) is 5.28. The minimum atomic E-state index is -0.626. The Morgan fingerprint density at radius 2 is 1.82 bits per heavy atom. The molecule has 1 fully saturated rings. The molecule has 1 aliphatic rings. The van der Waals surface area contributed by atoms with Crippen LogP contribution in [0.5, 0.6) is 0 Å². The summed E-state index contributed by atoms with van der Waals surface area (Å²) in [5, 5.41) is 0.103. The number of carbonyl (C=O) groups is 2. The van der Waals surface area contributed by atoms with E-state index in [1.165, 1.54) is 23.1 Å². The number of hydrogen-bond acceptors (Lipinski definition) is 3. The Bertz CT molecular complexity index is 539. The molecule has 0 saturated carbocycles. The van der Waals surface area contributed by atoms with Crippen LogP contribution >= 0.6 is 11.6 Å². The van der Waals surface area contributed by atoms with E-state index in [2.05, 4.69) is 0 Å². The van der Waals surface area contributed by atoms with Crippen LogP contribution in [-0.4, -0.2) is 54.3 Å². The molecule has 0 aliphatic carbocycles. The fourth-order valence-electron chi connectivity index (χ4n) is 2.43. The average molecular weight is 328 g/mol. The van der Waals surface area contributed by atoms with Crippen molar-refractivity contribution in [2.24, 2.45) is 5.73 Å². The van der Waals surface area contributed by atoms with Gasteiger partial charge < -0.3 is 15.5 Å². The van der Waals surface area contributed by atoms with Gasteiger partial charge in [-0.2, -0.15) is 0 Å². The van der Waals surface area contributed by atoms with E-state index in [0.717, 1.165) is 0 Å². The summed E-state index contributed by atoms with van der Waals surface area (Å²) in [5.74, 6) is -1.02. The number of amides is 2. The third-order valence-corrected chi connectivity index (χ3v) is 4.01. The molecule has 1 aliphatic heterocycles. The van der Waals surface area contributed by atoms with E-state index >= 15 is 0 Å². The van der Waals surface area contributed by atoms with E-state index in [0.29, 0.717) is 45.6 Å². The molecule has 7 heteroatoms. The summed E-state index contributed by atoms with van der Waals surface area (Å²) < 4.78 is 13.8. The van der Waals surface area contributed by atoms with Crippen LogP contribution < -0.4 is 5.73 Å². The van der Waals surface area contributed by atoms with Gasteiger partial charge in [0.15, 0.2) is 0 Å². The largest absolute Gasteiger partial charge is 0.339 e. The van der Waals surface area contributed by atoms with Gasteiger partial charge in [-0.3, -0.25) is 9.59 Å². The molecular formula is C15H19ClFN3O2. The molecule has 2 N–H and O–H groups in total. The summed E-state index contributed by atoms with van der Waals surface area (Å²) in [4.78, 5) is 27.5. The molecule has 0 radical (unpaired) electrons. The minimum absolute atomic E-state index is 0.0430. The van der Waals surface area contributed by atoms with E-state index in [1.54, 1.807) is 4.90 Å². The van der Waals surface area contributed by atoms with Crippen molar-refractivity contribution in [3.05, 3.63) is 34.6 Å². The van der Waals surface area contributed by atoms with Gasteiger partial charge in [0.05, 0.1) is 10.6 Å². The molecule has 1 aromatic carbocycles. The third-order valence-electron chi connectivity index (χ3n) is 3.69. The van der Waals surface area contributed by atoms with E-state index in [-0.39, 0.29) is 16.5 Å². The fraction of sp³-hybridized carbons (Fsp3) is 0.467. The second kappa shape index (κ2) is 7.56. The zero-order valence-corrected chi connectivity index (χ0v) is 13.0. The first-order valence-corrected chi connectivity index (χ1v) is 7.63. The molecule has 22 heavy (non-hydrogen) atoms. The van der Waals surface area contributed by atoms with Gasteiger partial charge in [-0.1, -0.05) is 17.7 Å². The third kappa shape index (κ3) is 3.75. The number of carbonyl (C=O) groups excluding carboxylic acids is 2. The molecule has 1 saturated heterocycles. The zero-order chi connectivity index (χ0) is 16.1. The number of nitrogens with two attached hydrogens (primary N) is 1. The van der Waals surface area contributed by atoms with Crippen LogP contribution in [0.15, 0.2) is 18.2 Å². The lowest BCUT2D eigenvalue weighted by Gasteiger charge is -2.35.